The van der Waals surface area contributed by atoms with Gasteiger partial charge in [-0.1, -0.05) is 19.3 Å². The van der Waals surface area contributed by atoms with Gasteiger partial charge in [0.25, 0.3) is 0 Å². The van der Waals surface area contributed by atoms with Gasteiger partial charge in [-0.25, -0.2) is 0 Å². The summed E-state index contributed by atoms with van der Waals surface area (Å²) >= 11 is 0. The lowest BCUT2D eigenvalue weighted by Gasteiger charge is -2.46. The number of carbonyl (C=O) groups is 1. The Kier molecular flexibility index (Phi) is 8.03. The van der Waals surface area contributed by atoms with E-state index < -0.39 is 6.10 Å². The molecule has 0 aromatic rings. The van der Waals surface area contributed by atoms with Crippen LogP contribution in [0.25, 0.3) is 0 Å². The summed E-state index contributed by atoms with van der Waals surface area (Å²) in [7, 11) is 2.11. The van der Waals surface area contributed by atoms with E-state index in [0.29, 0.717) is 26.2 Å². The fraction of sp³-hybridized carbons (Fsp3) is 0.957. The fourth-order valence-corrected chi connectivity index (χ4v) is 5.74. The Hall–Kier alpha value is -0.730. The van der Waals surface area contributed by atoms with Gasteiger partial charge in [-0.15, -0.1) is 0 Å². The molecule has 0 spiro atoms. The summed E-state index contributed by atoms with van der Waals surface area (Å²) in [5, 5.41) is 10.4. The third-order valence-electron chi connectivity index (χ3n) is 7.56. The standard InChI is InChI=1S/C23H41N3O4/c1-24-9-11-25(12-10-24)23(28)13-20-7-8-21-22(30-20)17-29-16-19(27)15-26(21)14-18-5-3-2-4-6-18/h18-22,27H,2-17H2,1H3/t19-,20-,21+,22-/m0/s1. The van der Waals surface area contributed by atoms with Gasteiger partial charge in [0.1, 0.15) is 0 Å². The molecule has 30 heavy (non-hydrogen) atoms. The van der Waals surface area contributed by atoms with E-state index in [1.165, 1.54) is 32.1 Å². The van der Waals surface area contributed by atoms with Gasteiger partial charge in [-0.05, 0) is 38.6 Å². The highest BCUT2D eigenvalue weighted by Gasteiger charge is 2.39. The van der Waals surface area contributed by atoms with Crippen LogP contribution in [0.4, 0.5) is 0 Å². The van der Waals surface area contributed by atoms with Crippen LogP contribution in [0, 0.1) is 5.92 Å². The van der Waals surface area contributed by atoms with Crippen LogP contribution in [0.3, 0.4) is 0 Å². The minimum Gasteiger partial charge on any atom is -0.389 e. The summed E-state index contributed by atoms with van der Waals surface area (Å²) in [6.45, 7) is 6.18. The van der Waals surface area contributed by atoms with Crippen LogP contribution in [0.1, 0.15) is 51.4 Å². The Morgan fingerprint density at radius 3 is 2.53 bits per heavy atom. The number of ether oxygens (including phenoxy) is 2. The predicted molar refractivity (Wildman–Crippen MR) is 115 cm³/mol. The number of aliphatic hydroxyl groups excluding tert-OH is 1. The van der Waals surface area contributed by atoms with Gasteiger partial charge >= 0.3 is 0 Å². The molecule has 4 atom stereocenters. The maximum Gasteiger partial charge on any atom is 0.225 e. The smallest absolute Gasteiger partial charge is 0.225 e. The number of likely N-dealkylation sites (N-methyl/N-ethyl adjacent to an activating group) is 1. The van der Waals surface area contributed by atoms with Gasteiger partial charge in [0.05, 0.1) is 37.9 Å². The largest absolute Gasteiger partial charge is 0.389 e. The molecule has 4 aliphatic rings. The summed E-state index contributed by atoms with van der Waals surface area (Å²) in [5.41, 5.74) is 0. The monoisotopic (exact) mass is 423 g/mol. The molecule has 3 heterocycles. The second kappa shape index (κ2) is 10.7. The number of piperazine rings is 1. The molecule has 0 aromatic carbocycles. The Morgan fingerprint density at radius 1 is 1.00 bits per heavy atom. The zero-order valence-corrected chi connectivity index (χ0v) is 18.7. The summed E-state index contributed by atoms with van der Waals surface area (Å²) in [6.07, 6.45) is 8.65. The molecule has 0 radical (unpaired) electrons. The van der Waals surface area contributed by atoms with Crippen LogP contribution in [0.2, 0.25) is 0 Å². The number of nitrogens with zero attached hydrogens (tertiary/aromatic N) is 3. The van der Waals surface area contributed by atoms with Gasteiger partial charge in [-0.3, -0.25) is 9.69 Å². The van der Waals surface area contributed by atoms with Crippen molar-refractivity contribution < 1.29 is 19.4 Å². The second-order valence-corrected chi connectivity index (χ2v) is 9.98. The first-order valence-corrected chi connectivity index (χ1v) is 12.2. The van der Waals surface area contributed by atoms with E-state index in [-0.39, 0.29) is 24.2 Å². The number of β-amino-alcohol motifs (C(OH)–C–C–N with tert-alkyl or cyclic N) is 1. The van der Waals surface area contributed by atoms with E-state index in [4.69, 9.17) is 9.47 Å². The maximum absolute atomic E-state index is 12.8. The Morgan fingerprint density at radius 2 is 1.77 bits per heavy atom. The molecule has 4 rings (SSSR count). The van der Waals surface area contributed by atoms with Crippen LogP contribution >= 0.6 is 0 Å². The third-order valence-corrected chi connectivity index (χ3v) is 7.56. The quantitative estimate of drug-likeness (QED) is 0.736. The zero-order chi connectivity index (χ0) is 20.9. The number of aliphatic hydroxyl groups is 1. The first kappa shape index (κ1) is 22.5. The highest BCUT2D eigenvalue weighted by Crippen LogP contribution is 2.31. The number of hydrogen-bond donors (Lipinski definition) is 1. The van der Waals surface area contributed by atoms with Crippen molar-refractivity contribution in [1.82, 2.24) is 14.7 Å². The Bertz CT molecular complexity index is 549. The van der Waals surface area contributed by atoms with E-state index in [1.807, 2.05) is 4.90 Å². The molecule has 4 fully saturated rings. The Balaban J connectivity index is 1.33. The summed E-state index contributed by atoms with van der Waals surface area (Å²) < 4.78 is 12.2. The molecule has 1 saturated carbocycles. The number of carbonyl (C=O) groups excluding carboxylic acids is 1. The normalized spacial score (nSPS) is 35.5. The second-order valence-electron chi connectivity index (χ2n) is 9.98. The molecular weight excluding hydrogens is 382 g/mol. The summed E-state index contributed by atoms with van der Waals surface area (Å²) in [4.78, 5) is 19.5. The first-order chi connectivity index (χ1) is 14.6. The van der Waals surface area contributed by atoms with Gasteiger partial charge < -0.3 is 24.4 Å². The molecule has 3 aliphatic heterocycles. The van der Waals surface area contributed by atoms with Crippen LogP contribution in [0.5, 0.6) is 0 Å². The van der Waals surface area contributed by atoms with Crippen molar-refractivity contribution in [3.05, 3.63) is 0 Å². The zero-order valence-electron chi connectivity index (χ0n) is 18.7. The van der Waals surface area contributed by atoms with Crippen molar-refractivity contribution in [2.45, 2.75) is 75.7 Å². The lowest BCUT2D eigenvalue weighted by molar-refractivity contribution is -0.162. The average molecular weight is 424 g/mol. The first-order valence-electron chi connectivity index (χ1n) is 12.2. The molecular formula is C23H41N3O4. The SMILES string of the molecule is CN1CCN(C(=O)C[C@@H]2CC[C@@H]3[C@H](COC[C@@H](O)CN3CC3CCCCC3)O2)CC1. The minimum atomic E-state index is -0.425. The number of hydrogen-bond acceptors (Lipinski definition) is 6. The van der Waals surface area contributed by atoms with Crippen LogP contribution < -0.4 is 0 Å². The highest BCUT2D eigenvalue weighted by molar-refractivity contribution is 5.76. The molecule has 7 heteroatoms. The van der Waals surface area contributed by atoms with Crippen molar-refractivity contribution >= 4 is 5.91 Å². The number of fused-ring (bicyclic) bond motifs is 1. The van der Waals surface area contributed by atoms with Crippen molar-refractivity contribution in [1.29, 1.82) is 0 Å². The van der Waals surface area contributed by atoms with Crippen LogP contribution in [0.15, 0.2) is 0 Å². The van der Waals surface area contributed by atoms with E-state index >= 15 is 0 Å². The van der Waals surface area contributed by atoms with Gasteiger partial charge in [0.2, 0.25) is 5.91 Å². The van der Waals surface area contributed by atoms with Crippen molar-refractivity contribution in [2.24, 2.45) is 5.92 Å². The lowest BCUT2D eigenvalue weighted by atomic mass is 9.87. The highest BCUT2D eigenvalue weighted by atomic mass is 16.5. The molecule has 3 saturated heterocycles. The molecule has 1 aliphatic carbocycles. The van der Waals surface area contributed by atoms with E-state index in [9.17, 15) is 9.90 Å². The van der Waals surface area contributed by atoms with E-state index in [2.05, 4.69) is 16.8 Å². The fourth-order valence-electron chi connectivity index (χ4n) is 5.74. The molecule has 1 N–H and O–H groups in total. The number of rotatable bonds is 4. The third kappa shape index (κ3) is 5.94. The molecule has 7 nitrogen and oxygen atoms in total. The topological polar surface area (TPSA) is 65.5 Å². The summed E-state index contributed by atoms with van der Waals surface area (Å²) in [5.74, 6) is 0.969. The van der Waals surface area contributed by atoms with E-state index in [0.717, 1.165) is 51.5 Å². The van der Waals surface area contributed by atoms with Gasteiger partial charge in [0.15, 0.2) is 0 Å². The molecule has 0 unspecified atom stereocenters. The van der Waals surface area contributed by atoms with Gasteiger partial charge in [0, 0.05) is 45.3 Å². The van der Waals surface area contributed by atoms with Gasteiger partial charge in [-0.2, -0.15) is 0 Å². The van der Waals surface area contributed by atoms with Crippen molar-refractivity contribution in [3.8, 4) is 0 Å². The Labute approximate surface area is 181 Å². The van der Waals surface area contributed by atoms with E-state index in [1.54, 1.807) is 0 Å². The van der Waals surface area contributed by atoms with Crippen LogP contribution in [-0.2, 0) is 14.3 Å². The molecule has 0 bridgehead atoms. The van der Waals surface area contributed by atoms with Crippen molar-refractivity contribution in [3.63, 3.8) is 0 Å². The minimum absolute atomic E-state index is 0.000120. The average Bonchev–Trinajstić information content (AvgIpc) is 2.74. The molecule has 172 valence electrons. The summed E-state index contributed by atoms with van der Waals surface area (Å²) in [6, 6.07) is 0.289. The predicted octanol–water partition coefficient (Wildman–Crippen LogP) is 1.34. The lowest BCUT2D eigenvalue weighted by Crippen LogP contribution is -2.57. The molecule has 0 aromatic heterocycles. The van der Waals surface area contributed by atoms with Crippen LogP contribution in [-0.4, -0.2) is 110 Å². The molecule has 1 amide bonds. The maximum atomic E-state index is 12.8. The van der Waals surface area contributed by atoms with Crippen molar-refractivity contribution in [2.75, 3.05) is 59.5 Å². The number of amides is 1.